The highest BCUT2D eigenvalue weighted by Crippen LogP contribution is 2.20. The zero-order chi connectivity index (χ0) is 20.1. The van der Waals surface area contributed by atoms with Crippen LogP contribution >= 0.6 is 0 Å². The Hall–Kier alpha value is -3.56. The first-order valence-electron chi connectivity index (χ1n) is 8.95. The number of benzene rings is 1. The molecule has 146 valence electrons. The van der Waals surface area contributed by atoms with Gasteiger partial charge in [0.25, 0.3) is 11.6 Å². The molecule has 0 saturated heterocycles. The Bertz CT molecular complexity index is 1020. The first kappa shape index (κ1) is 19.2. The lowest BCUT2D eigenvalue weighted by Crippen LogP contribution is -2.27. The van der Waals surface area contributed by atoms with Gasteiger partial charge in [-0.15, -0.1) is 0 Å². The van der Waals surface area contributed by atoms with Crippen molar-refractivity contribution in [1.82, 2.24) is 25.1 Å². The molecule has 0 spiro atoms. The summed E-state index contributed by atoms with van der Waals surface area (Å²) in [6.07, 6.45) is 4.14. The summed E-state index contributed by atoms with van der Waals surface area (Å²) in [5.74, 6) is 0.355. The van der Waals surface area contributed by atoms with Gasteiger partial charge in [0, 0.05) is 30.3 Å². The van der Waals surface area contributed by atoms with Crippen LogP contribution in [0.1, 0.15) is 29.3 Å². The Kier molecular flexibility index (Phi) is 5.78. The lowest BCUT2D eigenvalue weighted by Gasteiger charge is -2.08. The van der Waals surface area contributed by atoms with E-state index in [1.54, 1.807) is 29.9 Å². The van der Waals surface area contributed by atoms with Crippen LogP contribution in [-0.2, 0) is 6.54 Å². The zero-order valence-corrected chi connectivity index (χ0v) is 15.7. The number of aryl methyl sites for hydroxylation is 1. The number of carbonyl (C=O) groups excluding carboxylic acids is 1. The van der Waals surface area contributed by atoms with Gasteiger partial charge in [0.1, 0.15) is 12.1 Å². The normalized spacial score (nSPS) is 10.8. The summed E-state index contributed by atoms with van der Waals surface area (Å²) < 4.78 is 1.69. The third kappa shape index (κ3) is 4.05. The number of anilines is 1. The number of hydrogen-bond donors (Lipinski definition) is 2. The molecule has 28 heavy (non-hydrogen) atoms. The van der Waals surface area contributed by atoms with Crippen LogP contribution in [-0.4, -0.2) is 43.7 Å². The van der Waals surface area contributed by atoms with Crippen molar-refractivity contribution in [1.29, 1.82) is 0 Å². The van der Waals surface area contributed by atoms with Gasteiger partial charge >= 0.3 is 0 Å². The van der Waals surface area contributed by atoms with Gasteiger partial charge in [-0.2, -0.15) is 5.10 Å². The highest BCUT2D eigenvalue weighted by molar-refractivity contribution is 5.95. The second-order valence-corrected chi connectivity index (χ2v) is 6.27. The second-order valence-electron chi connectivity index (χ2n) is 6.27. The molecule has 0 aliphatic heterocycles. The molecule has 0 bridgehead atoms. The number of carbonyl (C=O) groups is 1. The molecule has 10 heteroatoms. The molecule has 0 saturated carbocycles. The van der Waals surface area contributed by atoms with Crippen molar-refractivity contribution in [2.24, 2.45) is 0 Å². The SMILES string of the molecule is CCCNc1ncnc2c1cnn2CCNC(=O)c1ccc(C)c([N+](=O)[O-])c1. The molecule has 0 radical (unpaired) electrons. The van der Waals surface area contributed by atoms with Gasteiger partial charge in [-0.1, -0.05) is 13.0 Å². The van der Waals surface area contributed by atoms with Gasteiger partial charge in [-0.25, -0.2) is 14.6 Å². The standard InChI is InChI=1S/C18H21N7O3/c1-3-6-19-16-14-10-23-24(17(14)22-11-21-16)8-7-20-18(26)13-5-4-12(2)15(9-13)25(27)28/h4-5,9-11H,3,6-8H2,1-2H3,(H,20,26)(H,19,21,22). The van der Waals surface area contributed by atoms with Crippen molar-refractivity contribution in [2.45, 2.75) is 26.8 Å². The molecular formula is C18H21N7O3. The smallest absolute Gasteiger partial charge is 0.273 e. The van der Waals surface area contributed by atoms with Crippen LogP contribution in [0.25, 0.3) is 11.0 Å². The Labute approximate surface area is 161 Å². The van der Waals surface area contributed by atoms with Crippen LogP contribution in [0.4, 0.5) is 11.5 Å². The van der Waals surface area contributed by atoms with Gasteiger partial charge in [-0.05, 0) is 19.4 Å². The summed E-state index contributed by atoms with van der Waals surface area (Å²) in [6.45, 7) is 5.22. The molecule has 1 amide bonds. The molecule has 2 aromatic heterocycles. The van der Waals surface area contributed by atoms with Gasteiger partial charge in [0.15, 0.2) is 5.65 Å². The molecule has 10 nitrogen and oxygen atoms in total. The van der Waals surface area contributed by atoms with E-state index in [-0.39, 0.29) is 17.2 Å². The minimum absolute atomic E-state index is 0.0745. The Balaban J connectivity index is 1.66. The number of nitro benzene ring substituents is 1. The van der Waals surface area contributed by atoms with E-state index in [0.29, 0.717) is 24.3 Å². The summed E-state index contributed by atoms with van der Waals surface area (Å²) in [4.78, 5) is 31.3. The van der Waals surface area contributed by atoms with Gasteiger partial charge < -0.3 is 10.6 Å². The molecule has 0 unspecified atom stereocenters. The van der Waals surface area contributed by atoms with E-state index in [0.717, 1.165) is 24.2 Å². The summed E-state index contributed by atoms with van der Waals surface area (Å²) in [7, 11) is 0. The molecule has 0 atom stereocenters. The molecule has 2 heterocycles. The fourth-order valence-electron chi connectivity index (χ4n) is 2.77. The zero-order valence-electron chi connectivity index (χ0n) is 15.7. The van der Waals surface area contributed by atoms with Crippen molar-refractivity contribution in [3.8, 4) is 0 Å². The summed E-state index contributed by atoms with van der Waals surface area (Å²) in [5, 5.41) is 22.2. The number of nitro groups is 1. The number of fused-ring (bicyclic) bond motifs is 1. The third-order valence-corrected chi connectivity index (χ3v) is 4.25. The van der Waals surface area contributed by atoms with Crippen LogP contribution < -0.4 is 10.6 Å². The average Bonchev–Trinajstić information content (AvgIpc) is 3.10. The maximum Gasteiger partial charge on any atom is 0.273 e. The van der Waals surface area contributed by atoms with E-state index in [1.807, 2.05) is 0 Å². The quantitative estimate of drug-likeness (QED) is 0.451. The molecule has 1 aromatic carbocycles. The van der Waals surface area contributed by atoms with Crippen LogP contribution in [0.3, 0.4) is 0 Å². The van der Waals surface area contributed by atoms with Crippen molar-refractivity contribution in [3.63, 3.8) is 0 Å². The average molecular weight is 383 g/mol. The molecule has 3 aromatic rings. The Morgan fingerprint density at radius 1 is 1.29 bits per heavy atom. The second kappa shape index (κ2) is 8.42. The van der Waals surface area contributed by atoms with Crippen LogP contribution in [0.5, 0.6) is 0 Å². The fourth-order valence-corrected chi connectivity index (χ4v) is 2.77. The van der Waals surface area contributed by atoms with Crippen LogP contribution in [0, 0.1) is 17.0 Å². The molecule has 2 N–H and O–H groups in total. The van der Waals surface area contributed by atoms with Crippen LogP contribution in [0.2, 0.25) is 0 Å². The number of amides is 1. The van der Waals surface area contributed by atoms with E-state index in [9.17, 15) is 14.9 Å². The van der Waals surface area contributed by atoms with Crippen molar-refractivity contribution in [2.75, 3.05) is 18.4 Å². The third-order valence-electron chi connectivity index (χ3n) is 4.25. The minimum atomic E-state index is -0.494. The molecular weight excluding hydrogens is 362 g/mol. The lowest BCUT2D eigenvalue weighted by molar-refractivity contribution is -0.385. The predicted octanol–water partition coefficient (Wildman–Crippen LogP) is 2.29. The molecule has 3 rings (SSSR count). The van der Waals surface area contributed by atoms with E-state index in [2.05, 4.69) is 32.6 Å². The lowest BCUT2D eigenvalue weighted by atomic mass is 10.1. The number of nitrogens with one attached hydrogen (secondary N) is 2. The number of aromatic nitrogens is 4. The summed E-state index contributed by atoms with van der Waals surface area (Å²) >= 11 is 0. The molecule has 0 aliphatic rings. The predicted molar refractivity (Wildman–Crippen MR) is 104 cm³/mol. The van der Waals surface area contributed by atoms with E-state index in [4.69, 9.17) is 0 Å². The van der Waals surface area contributed by atoms with Crippen molar-refractivity contribution in [3.05, 3.63) is 52.0 Å². The maximum absolute atomic E-state index is 12.3. The first-order valence-corrected chi connectivity index (χ1v) is 8.95. The van der Waals surface area contributed by atoms with Crippen molar-refractivity contribution >= 4 is 28.4 Å². The number of nitrogens with zero attached hydrogens (tertiary/aromatic N) is 5. The van der Waals surface area contributed by atoms with E-state index >= 15 is 0 Å². The van der Waals surface area contributed by atoms with Crippen molar-refractivity contribution < 1.29 is 9.72 Å². The summed E-state index contributed by atoms with van der Waals surface area (Å²) in [5.41, 5.74) is 1.36. The maximum atomic E-state index is 12.3. The molecule has 0 fully saturated rings. The highest BCUT2D eigenvalue weighted by atomic mass is 16.6. The van der Waals surface area contributed by atoms with Gasteiger partial charge in [-0.3, -0.25) is 14.9 Å². The molecule has 0 aliphatic carbocycles. The Morgan fingerprint density at radius 3 is 2.86 bits per heavy atom. The first-order chi connectivity index (χ1) is 13.5. The highest BCUT2D eigenvalue weighted by Gasteiger charge is 2.15. The number of hydrogen-bond acceptors (Lipinski definition) is 7. The monoisotopic (exact) mass is 383 g/mol. The van der Waals surface area contributed by atoms with Gasteiger partial charge in [0.2, 0.25) is 0 Å². The minimum Gasteiger partial charge on any atom is -0.369 e. The summed E-state index contributed by atoms with van der Waals surface area (Å²) in [6, 6.07) is 4.42. The van der Waals surface area contributed by atoms with Gasteiger partial charge in [0.05, 0.1) is 23.1 Å². The largest absolute Gasteiger partial charge is 0.369 e. The fraction of sp³-hybridized carbons (Fsp3) is 0.333. The van der Waals surface area contributed by atoms with Crippen LogP contribution in [0.15, 0.2) is 30.7 Å². The van der Waals surface area contributed by atoms with E-state index < -0.39 is 4.92 Å². The number of rotatable bonds is 8. The topological polar surface area (TPSA) is 128 Å². The Morgan fingerprint density at radius 2 is 2.11 bits per heavy atom. The van der Waals surface area contributed by atoms with E-state index in [1.165, 1.54) is 12.4 Å².